The first-order chi connectivity index (χ1) is 23.7. The Morgan fingerprint density at radius 3 is 1.37 bits per heavy atom. The molecule has 0 heteroatoms. The molecule has 49 heavy (non-hydrogen) atoms. The van der Waals surface area contributed by atoms with Crippen molar-refractivity contribution in [3.05, 3.63) is 204 Å². The van der Waals surface area contributed by atoms with E-state index in [9.17, 15) is 0 Å². The lowest BCUT2D eigenvalue weighted by Crippen LogP contribution is -1.99. The zero-order chi connectivity index (χ0) is 34.5. The van der Waals surface area contributed by atoms with Crippen LogP contribution in [-0.4, -0.2) is 0 Å². The van der Waals surface area contributed by atoms with Gasteiger partial charge in [-0.2, -0.15) is 0 Å². The van der Waals surface area contributed by atoms with E-state index < -0.39 is 0 Å². The molecule has 6 aromatic carbocycles. The van der Waals surface area contributed by atoms with Crippen LogP contribution in [0.15, 0.2) is 176 Å². The van der Waals surface area contributed by atoms with E-state index in [1.165, 1.54) is 77.9 Å². The minimum atomic E-state index is 1.03. The van der Waals surface area contributed by atoms with Gasteiger partial charge in [-0.15, -0.1) is 0 Å². The molecule has 0 nitrogen and oxygen atoms in total. The molecule has 240 valence electrons. The van der Waals surface area contributed by atoms with Crippen LogP contribution >= 0.6 is 0 Å². The van der Waals surface area contributed by atoms with Crippen LogP contribution in [0.1, 0.15) is 55.5 Å². The molecule has 0 unspecified atom stereocenters. The molecule has 6 rings (SSSR count). The Balaban J connectivity index is 1.37. The molecule has 0 heterocycles. The quantitative estimate of drug-likeness (QED) is 0.139. The van der Waals surface area contributed by atoms with Crippen LogP contribution in [0.25, 0.3) is 55.7 Å². The van der Waals surface area contributed by atoms with E-state index in [0.717, 1.165) is 16.7 Å². The second-order valence-corrected chi connectivity index (χ2v) is 13.0. The number of aryl methyl sites for hydroxylation is 1. The summed E-state index contributed by atoms with van der Waals surface area (Å²) in [7, 11) is 0. The van der Waals surface area contributed by atoms with Crippen molar-refractivity contribution in [1.82, 2.24) is 0 Å². The SMILES string of the molecule is C=C(C)c1cccc(-c2cccc(-c3cccc(-c4cccc(C(=C)/C(C)=C(\C(C)=C(/C)c5ccccc5)c5ccccc5C)c4)c3)c2)c1. The number of rotatable bonds is 9. The lowest BCUT2D eigenvalue weighted by atomic mass is 9.84. The van der Waals surface area contributed by atoms with Crippen molar-refractivity contribution in [3.63, 3.8) is 0 Å². The molecule has 0 fully saturated rings. The maximum atomic E-state index is 4.68. The predicted octanol–water partition coefficient (Wildman–Crippen LogP) is 14.0. The highest BCUT2D eigenvalue weighted by atomic mass is 14.2. The Kier molecular flexibility index (Phi) is 9.88. The van der Waals surface area contributed by atoms with Gasteiger partial charge in [0.2, 0.25) is 0 Å². The molecule has 0 aromatic heterocycles. The van der Waals surface area contributed by atoms with Gasteiger partial charge >= 0.3 is 0 Å². The molecule has 0 spiro atoms. The van der Waals surface area contributed by atoms with E-state index in [-0.39, 0.29) is 0 Å². The largest absolute Gasteiger partial charge is 0.0955 e. The highest BCUT2D eigenvalue weighted by Gasteiger charge is 2.17. The minimum absolute atomic E-state index is 1.03. The smallest absolute Gasteiger partial charge is 0.0114 e. The van der Waals surface area contributed by atoms with Crippen molar-refractivity contribution < 1.29 is 0 Å². The van der Waals surface area contributed by atoms with Gasteiger partial charge < -0.3 is 0 Å². The van der Waals surface area contributed by atoms with Crippen molar-refractivity contribution in [3.8, 4) is 33.4 Å². The van der Waals surface area contributed by atoms with Crippen LogP contribution in [0, 0.1) is 6.92 Å². The van der Waals surface area contributed by atoms with Crippen molar-refractivity contribution in [2.24, 2.45) is 0 Å². The third-order valence-corrected chi connectivity index (χ3v) is 9.68. The fraction of sp³-hybridized carbons (Fsp3) is 0.102. The summed E-state index contributed by atoms with van der Waals surface area (Å²) in [6.07, 6.45) is 0. The monoisotopic (exact) mass is 632 g/mol. The Hall–Kier alpha value is -5.72. The van der Waals surface area contributed by atoms with Crippen LogP contribution in [0.3, 0.4) is 0 Å². The molecule has 6 aromatic rings. The van der Waals surface area contributed by atoms with Crippen LogP contribution in [0.2, 0.25) is 0 Å². The first kappa shape index (κ1) is 33.2. The van der Waals surface area contributed by atoms with Gasteiger partial charge in [0.15, 0.2) is 0 Å². The zero-order valence-electron chi connectivity index (χ0n) is 29.3. The summed E-state index contributed by atoms with van der Waals surface area (Å²) in [5.74, 6) is 0. The standard InChI is InChI=1S/C49H44/c1-33(2)40-20-13-22-42(29-40)44-24-15-26-46(31-44)47-27-16-25-45(32-47)43-23-14-21-41(30-43)36(5)38(7)49(48-28-12-11-17-34(48)3)37(6)35(4)39-18-9-8-10-19-39/h8-32H,1,5H2,2-4,6-7H3/b37-35+,49-38+. The van der Waals surface area contributed by atoms with E-state index in [2.05, 4.69) is 199 Å². The lowest BCUT2D eigenvalue weighted by molar-refractivity contribution is 1.36. The lowest BCUT2D eigenvalue weighted by Gasteiger charge is -2.20. The Morgan fingerprint density at radius 1 is 0.408 bits per heavy atom. The summed E-state index contributed by atoms with van der Waals surface area (Å²) >= 11 is 0. The maximum Gasteiger partial charge on any atom is -0.0114 e. The summed E-state index contributed by atoms with van der Waals surface area (Å²) in [5, 5.41) is 0. The Labute approximate surface area is 293 Å². The van der Waals surface area contributed by atoms with E-state index in [4.69, 9.17) is 0 Å². The van der Waals surface area contributed by atoms with Gasteiger partial charge in [0, 0.05) is 0 Å². The van der Waals surface area contributed by atoms with Gasteiger partial charge in [0.05, 0.1) is 0 Å². The van der Waals surface area contributed by atoms with Crippen molar-refractivity contribution in [2.45, 2.75) is 34.6 Å². The van der Waals surface area contributed by atoms with Gasteiger partial charge in [-0.1, -0.05) is 146 Å². The highest BCUT2D eigenvalue weighted by Crippen LogP contribution is 2.39. The molecule has 0 N–H and O–H groups in total. The summed E-state index contributed by atoms with van der Waals surface area (Å²) in [4.78, 5) is 0. The molecule has 0 aliphatic heterocycles. The van der Waals surface area contributed by atoms with Gasteiger partial charge in [-0.25, -0.2) is 0 Å². The zero-order valence-corrected chi connectivity index (χ0v) is 29.3. The average molecular weight is 633 g/mol. The first-order valence-corrected chi connectivity index (χ1v) is 17.0. The van der Waals surface area contributed by atoms with E-state index in [0.29, 0.717) is 0 Å². The second-order valence-electron chi connectivity index (χ2n) is 13.0. The molecule has 0 saturated carbocycles. The summed E-state index contributed by atoms with van der Waals surface area (Å²) in [6, 6.07) is 54.4. The van der Waals surface area contributed by atoms with E-state index in [1.807, 2.05) is 0 Å². The molecular weight excluding hydrogens is 589 g/mol. The van der Waals surface area contributed by atoms with E-state index >= 15 is 0 Å². The Morgan fingerprint density at radius 2 is 0.837 bits per heavy atom. The van der Waals surface area contributed by atoms with Gasteiger partial charge in [-0.3, -0.25) is 0 Å². The molecular formula is C49H44. The van der Waals surface area contributed by atoms with Crippen LogP contribution in [0.4, 0.5) is 0 Å². The number of allylic oxidation sites excluding steroid dienone is 6. The topological polar surface area (TPSA) is 0 Å². The van der Waals surface area contributed by atoms with Gasteiger partial charge in [0.25, 0.3) is 0 Å². The number of benzene rings is 6. The Bertz CT molecular complexity index is 2240. The molecule has 0 bridgehead atoms. The van der Waals surface area contributed by atoms with Gasteiger partial charge in [0.1, 0.15) is 0 Å². The normalized spacial score (nSPS) is 12.2. The molecule has 0 saturated heterocycles. The number of hydrogen-bond acceptors (Lipinski definition) is 0. The van der Waals surface area contributed by atoms with Crippen LogP contribution in [-0.2, 0) is 0 Å². The molecule has 0 amide bonds. The van der Waals surface area contributed by atoms with Crippen molar-refractivity contribution >= 4 is 22.3 Å². The summed E-state index contributed by atoms with van der Waals surface area (Å²) in [6.45, 7) is 19.8. The fourth-order valence-electron chi connectivity index (χ4n) is 6.61. The van der Waals surface area contributed by atoms with E-state index in [1.54, 1.807) is 0 Å². The maximum absolute atomic E-state index is 4.68. The number of hydrogen-bond donors (Lipinski definition) is 0. The summed E-state index contributed by atoms with van der Waals surface area (Å²) < 4.78 is 0. The van der Waals surface area contributed by atoms with Crippen LogP contribution in [0.5, 0.6) is 0 Å². The first-order valence-electron chi connectivity index (χ1n) is 17.0. The third kappa shape index (κ3) is 7.25. The summed E-state index contributed by atoms with van der Waals surface area (Å²) in [5.41, 5.74) is 20.2. The van der Waals surface area contributed by atoms with Crippen molar-refractivity contribution in [2.75, 3.05) is 0 Å². The second kappa shape index (κ2) is 14.6. The van der Waals surface area contributed by atoms with Crippen LogP contribution < -0.4 is 0 Å². The van der Waals surface area contributed by atoms with Crippen molar-refractivity contribution in [1.29, 1.82) is 0 Å². The molecule has 0 radical (unpaired) electrons. The van der Waals surface area contributed by atoms with Gasteiger partial charge in [-0.05, 0) is 148 Å². The third-order valence-electron chi connectivity index (χ3n) is 9.68. The average Bonchev–Trinajstić information content (AvgIpc) is 3.15. The molecule has 0 aliphatic carbocycles. The highest BCUT2D eigenvalue weighted by molar-refractivity contribution is 5.98. The predicted molar refractivity (Wildman–Crippen MR) is 215 cm³/mol. The molecule has 0 atom stereocenters. The minimum Gasteiger partial charge on any atom is -0.0955 e. The fourth-order valence-corrected chi connectivity index (χ4v) is 6.61. The molecule has 0 aliphatic rings.